The summed E-state index contributed by atoms with van der Waals surface area (Å²) in [5, 5.41) is 2.95. The summed E-state index contributed by atoms with van der Waals surface area (Å²) >= 11 is 0. The topological polar surface area (TPSA) is 70.8 Å². The van der Waals surface area contributed by atoms with Crippen LogP contribution in [0.25, 0.3) is 0 Å². The third-order valence-corrected chi connectivity index (χ3v) is 4.84. The molecule has 0 radical (unpaired) electrons. The van der Waals surface area contributed by atoms with E-state index < -0.39 is 0 Å². The van der Waals surface area contributed by atoms with E-state index in [2.05, 4.69) is 29.1 Å². The molecule has 1 saturated heterocycles. The number of amides is 1. The van der Waals surface area contributed by atoms with Crippen LogP contribution in [0.2, 0.25) is 0 Å². The Morgan fingerprint density at radius 2 is 1.81 bits per heavy atom. The molecule has 3 rings (SSSR count). The van der Waals surface area contributed by atoms with Gasteiger partial charge in [-0.25, -0.2) is 0 Å². The van der Waals surface area contributed by atoms with Gasteiger partial charge in [0, 0.05) is 31.9 Å². The van der Waals surface area contributed by atoms with Crippen LogP contribution in [0.4, 0.5) is 17.1 Å². The number of likely N-dealkylation sites (N-methyl/N-ethyl adjacent to an activating group) is 1. The van der Waals surface area contributed by atoms with Crippen molar-refractivity contribution in [1.29, 1.82) is 0 Å². The summed E-state index contributed by atoms with van der Waals surface area (Å²) in [7, 11) is 2.12. The maximum Gasteiger partial charge on any atom is 0.262 e. The number of carbonyl (C=O) groups is 1. The second-order valence-corrected chi connectivity index (χ2v) is 6.90. The molecule has 0 aliphatic carbocycles. The van der Waals surface area contributed by atoms with Crippen LogP contribution in [-0.2, 0) is 11.2 Å². The molecule has 1 amide bonds. The van der Waals surface area contributed by atoms with Gasteiger partial charge in [-0.2, -0.15) is 0 Å². The lowest BCUT2D eigenvalue weighted by atomic mass is 10.2. The smallest absolute Gasteiger partial charge is 0.262 e. The molecule has 1 aliphatic rings. The highest BCUT2D eigenvalue weighted by Crippen LogP contribution is 2.29. The number of rotatable bonds is 6. The quantitative estimate of drug-likeness (QED) is 0.767. The Labute approximate surface area is 160 Å². The molecule has 6 nitrogen and oxygen atoms in total. The number of nitrogens with two attached hydrogens (primary N) is 1. The Kier molecular flexibility index (Phi) is 6.19. The van der Waals surface area contributed by atoms with Crippen LogP contribution < -0.4 is 20.7 Å². The normalized spacial score (nSPS) is 14.8. The van der Waals surface area contributed by atoms with Gasteiger partial charge < -0.3 is 25.6 Å². The third kappa shape index (κ3) is 5.14. The molecule has 1 aliphatic heterocycles. The summed E-state index contributed by atoms with van der Waals surface area (Å²) in [6.07, 6.45) is 0.977. The molecule has 27 heavy (non-hydrogen) atoms. The summed E-state index contributed by atoms with van der Waals surface area (Å²) < 4.78 is 5.61. The lowest BCUT2D eigenvalue weighted by Gasteiger charge is -2.35. The van der Waals surface area contributed by atoms with Crippen LogP contribution >= 0.6 is 0 Å². The molecular weight excluding hydrogens is 340 g/mol. The van der Waals surface area contributed by atoms with E-state index in [0.29, 0.717) is 11.4 Å². The molecule has 144 valence electrons. The Morgan fingerprint density at radius 3 is 2.48 bits per heavy atom. The van der Waals surface area contributed by atoms with Crippen molar-refractivity contribution in [2.24, 2.45) is 0 Å². The molecule has 0 atom stereocenters. The average molecular weight is 368 g/mol. The van der Waals surface area contributed by atoms with E-state index in [1.54, 1.807) is 0 Å². The molecule has 3 N–H and O–H groups in total. The fourth-order valence-corrected chi connectivity index (χ4v) is 3.13. The first kappa shape index (κ1) is 19.0. The van der Waals surface area contributed by atoms with Gasteiger partial charge in [-0.3, -0.25) is 4.79 Å². The molecule has 0 unspecified atom stereocenters. The SMILES string of the molecule is CCc1ccc(OCC(=O)Nc2cc(N)ccc2N2CCN(C)CC2)cc1. The van der Waals surface area contributed by atoms with Gasteiger partial charge in [0.25, 0.3) is 5.91 Å². The van der Waals surface area contributed by atoms with Crippen LogP contribution in [0.1, 0.15) is 12.5 Å². The lowest BCUT2D eigenvalue weighted by molar-refractivity contribution is -0.118. The molecule has 6 heteroatoms. The Balaban J connectivity index is 1.63. The van der Waals surface area contributed by atoms with E-state index >= 15 is 0 Å². The number of carbonyl (C=O) groups excluding carboxylic acids is 1. The van der Waals surface area contributed by atoms with Gasteiger partial charge in [0.05, 0.1) is 11.4 Å². The second kappa shape index (κ2) is 8.77. The number of benzene rings is 2. The van der Waals surface area contributed by atoms with Gasteiger partial charge in [-0.1, -0.05) is 19.1 Å². The van der Waals surface area contributed by atoms with Gasteiger partial charge in [-0.05, 0) is 49.4 Å². The first-order valence-electron chi connectivity index (χ1n) is 9.39. The highest BCUT2D eigenvalue weighted by Gasteiger charge is 2.18. The number of ether oxygens (including phenoxy) is 1. The average Bonchev–Trinajstić information content (AvgIpc) is 2.68. The molecule has 0 spiro atoms. The molecule has 2 aromatic rings. The number of nitrogens with zero attached hydrogens (tertiary/aromatic N) is 2. The fourth-order valence-electron chi connectivity index (χ4n) is 3.13. The maximum atomic E-state index is 12.4. The summed E-state index contributed by atoms with van der Waals surface area (Å²) in [6, 6.07) is 13.5. The third-order valence-electron chi connectivity index (χ3n) is 4.84. The molecule has 0 saturated carbocycles. The van der Waals surface area contributed by atoms with Gasteiger partial charge in [0.2, 0.25) is 0 Å². The number of nitrogen functional groups attached to an aromatic ring is 1. The molecule has 2 aromatic carbocycles. The van der Waals surface area contributed by atoms with Crippen molar-refractivity contribution in [3.8, 4) is 5.75 Å². The maximum absolute atomic E-state index is 12.4. The van der Waals surface area contributed by atoms with E-state index in [1.165, 1.54) is 5.56 Å². The standard InChI is InChI=1S/C21H28N4O2/c1-3-16-4-7-18(8-5-16)27-15-21(26)23-19-14-17(22)6-9-20(19)25-12-10-24(2)11-13-25/h4-9,14H,3,10-13,15,22H2,1-2H3,(H,23,26). The highest BCUT2D eigenvalue weighted by molar-refractivity contribution is 5.96. The van der Waals surface area contributed by atoms with E-state index in [-0.39, 0.29) is 12.5 Å². The minimum absolute atomic E-state index is 0.0392. The Hall–Kier alpha value is -2.73. The zero-order valence-electron chi connectivity index (χ0n) is 16.1. The van der Waals surface area contributed by atoms with Crippen LogP contribution in [0.15, 0.2) is 42.5 Å². The lowest BCUT2D eigenvalue weighted by Crippen LogP contribution is -2.44. The Morgan fingerprint density at radius 1 is 1.11 bits per heavy atom. The van der Waals surface area contributed by atoms with Gasteiger partial charge >= 0.3 is 0 Å². The van der Waals surface area contributed by atoms with Gasteiger partial charge in [0.1, 0.15) is 5.75 Å². The predicted molar refractivity (Wildman–Crippen MR) is 111 cm³/mol. The van der Waals surface area contributed by atoms with Crippen molar-refractivity contribution in [3.05, 3.63) is 48.0 Å². The van der Waals surface area contributed by atoms with Crippen molar-refractivity contribution in [2.45, 2.75) is 13.3 Å². The minimum atomic E-state index is -0.199. The van der Waals surface area contributed by atoms with Crippen LogP contribution in [0.5, 0.6) is 5.75 Å². The fraction of sp³-hybridized carbons (Fsp3) is 0.381. The number of aryl methyl sites for hydroxylation is 1. The van der Waals surface area contributed by atoms with E-state index in [1.807, 2.05) is 42.5 Å². The first-order valence-corrected chi connectivity index (χ1v) is 9.39. The predicted octanol–water partition coefficient (Wildman–Crippen LogP) is 2.60. The van der Waals surface area contributed by atoms with Crippen molar-refractivity contribution in [3.63, 3.8) is 0 Å². The van der Waals surface area contributed by atoms with Crippen LogP contribution in [0, 0.1) is 0 Å². The summed E-state index contributed by atoms with van der Waals surface area (Å²) in [5.74, 6) is 0.491. The van der Waals surface area contributed by atoms with E-state index in [4.69, 9.17) is 10.5 Å². The largest absolute Gasteiger partial charge is 0.484 e. The number of nitrogens with one attached hydrogen (secondary N) is 1. The van der Waals surface area contributed by atoms with Crippen molar-refractivity contribution >= 4 is 23.0 Å². The highest BCUT2D eigenvalue weighted by atomic mass is 16.5. The molecular formula is C21H28N4O2. The molecule has 0 bridgehead atoms. The minimum Gasteiger partial charge on any atom is -0.484 e. The number of piperazine rings is 1. The van der Waals surface area contributed by atoms with Crippen molar-refractivity contribution in [1.82, 2.24) is 4.90 Å². The first-order chi connectivity index (χ1) is 13.0. The summed E-state index contributed by atoms with van der Waals surface area (Å²) in [4.78, 5) is 17.0. The zero-order valence-corrected chi connectivity index (χ0v) is 16.1. The van der Waals surface area contributed by atoms with E-state index in [0.717, 1.165) is 44.0 Å². The number of hydrogen-bond donors (Lipinski definition) is 2. The van der Waals surface area contributed by atoms with Crippen molar-refractivity contribution < 1.29 is 9.53 Å². The Bertz CT molecular complexity index is 768. The zero-order chi connectivity index (χ0) is 19.2. The molecule has 0 aromatic heterocycles. The van der Waals surface area contributed by atoms with Crippen LogP contribution in [0.3, 0.4) is 0 Å². The summed E-state index contributed by atoms with van der Waals surface area (Å²) in [6.45, 7) is 5.89. The summed E-state index contributed by atoms with van der Waals surface area (Å²) in [5.41, 5.74) is 9.53. The molecule has 1 heterocycles. The van der Waals surface area contributed by atoms with Crippen molar-refractivity contribution in [2.75, 3.05) is 55.8 Å². The number of anilines is 3. The van der Waals surface area contributed by atoms with E-state index in [9.17, 15) is 4.79 Å². The van der Waals surface area contributed by atoms with Gasteiger partial charge in [-0.15, -0.1) is 0 Å². The monoisotopic (exact) mass is 368 g/mol. The molecule has 1 fully saturated rings. The van der Waals surface area contributed by atoms with Crippen LogP contribution in [-0.4, -0.2) is 50.6 Å². The van der Waals surface area contributed by atoms with Gasteiger partial charge in [0.15, 0.2) is 6.61 Å². The second-order valence-electron chi connectivity index (χ2n) is 6.90. The number of hydrogen-bond acceptors (Lipinski definition) is 5.